The first-order chi connectivity index (χ1) is 13.3. The number of carbonyl (C=O) groups is 1. The molecule has 0 bridgehead atoms. The van der Waals surface area contributed by atoms with Crippen LogP contribution in [0.25, 0.3) is 0 Å². The van der Waals surface area contributed by atoms with Crippen LogP contribution in [-0.4, -0.2) is 41.4 Å². The molecule has 0 aliphatic heterocycles. The standard InChI is InChI=1S/C24H40N2O2/c1-6-23(13-7-8-14-23)24(28,15-12-19(2)3)17-26(18-25-5)22(27)21-11-9-10-20(4)16-21/h18,21,28H,2,4,6-17H2,1,3,5H3/b25-18-. The molecule has 0 heterocycles. The minimum Gasteiger partial charge on any atom is -0.387 e. The zero-order valence-corrected chi connectivity index (χ0v) is 18.3. The van der Waals surface area contributed by atoms with E-state index in [0.29, 0.717) is 13.0 Å². The second kappa shape index (κ2) is 9.87. The van der Waals surface area contributed by atoms with Gasteiger partial charge in [-0.3, -0.25) is 9.79 Å². The van der Waals surface area contributed by atoms with Crippen molar-refractivity contribution in [2.75, 3.05) is 13.6 Å². The summed E-state index contributed by atoms with van der Waals surface area (Å²) in [4.78, 5) is 19.2. The molecule has 0 aromatic heterocycles. The van der Waals surface area contributed by atoms with Gasteiger partial charge in [-0.25, -0.2) is 0 Å². The molecule has 4 nitrogen and oxygen atoms in total. The highest BCUT2D eigenvalue weighted by Crippen LogP contribution is 2.51. The number of nitrogens with zero attached hydrogens (tertiary/aromatic N) is 2. The Morgan fingerprint density at radius 2 is 2.07 bits per heavy atom. The van der Waals surface area contributed by atoms with Gasteiger partial charge in [0.05, 0.1) is 18.5 Å². The lowest BCUT2D eigenvalue weighted by atomic mass is 9.66. The first-order valence-electron chi connectivity index (χ1n) is 11.0. The maximum absolute atomic E-state index is 13.3. The number of hydrogen-bond donors (Lipinski definition) is 1. The topological polar surface area (TPSA) is 52.9 Å². The Bertz CT molecular complexity index is 604. The van der Waals surface area contributed by atoms with Crippen molar-refractivity contribution in [2.24, 2.45) is 16.3 Å². The van der Waals surface area contributed by atoms with Gasteiger partial charge in [-0.2, -0.15) is 0 Å². The van der Waals surface area contributed by atoms with Crippen LogP contribution in [0.1, 0.15) is 84.5 Å². The minimum atomic E-state index is -0.917. The van der Waals surface area contributed by atoms with Crippen molar-refractivity contribution in [1.82, 2.24) is 4.90 Å². The number of hydrogen-bond acceptors (Lipinski definition) is 3. The van der Waals surface area contributed by atoms with Gasteiger partial charge in [0.1, 0.15) is 0 Å². The predicted molar refractivity (Wildman–Crippen MR) is 117 cm³/mol. The molecular weight excluding hydrogens is 348 g/mol. The fourth-order valence-corrected chi connectivity index (χ4v) is 5.33. The summed E-state index contributed by atoms with van der Waals surface area (Å²) >= 11 is 0. The molecule has 2 aliphatic rings. The van der Waals surface area contributed by atoms with Crippen molar-refractivity contribution in [3.8, 4) is 0 Å². The van der Waals surface area contributed by atoms with Crippen LogP contribution in [0.3, 0.4) is 0 Å². The van der Waals surface area contributed by atoms with Crippen LogP contribution in [0, 0.1) is 11.3 Å². The van der Waals surface area contributed by atoms with Gasteiger partial charge >= 0.3 is 0 Å². The molecular formula is C24H40N2O2. The Balaban J connectivity index is 2.28. The van der Waals surface area contributed by atoms with Gasteiger partial charge in [0.25, 0.3) is 0 Å². The first-order valence-corrected chi connectivity index (χ1v) is 11.0. The Morgan fingerprint density at radius 1 is 1.39 bits per heavy atom. The Labute approximate surface area is 171 Å². The van der Waals surface area contributed by atoms with E-state index in [9.17, 15) is 9.90 Å². The van der Waals surface area contributed by atoms with Crippen molar-refractivity contribution in [3.05, 3.63) is 24.3 Å². The van der Waals surface area contributed by atoms with Crippen LogP contribution < -0.4 is 0 Å². The van der Waals surface area contributed by atoms with E-state index >= 15 is 0 Å². The van der Waals surface area contributed by atoms with Gasteiger partial charge in [0.2, 0.25) is 5.91 Å². The van der Waals surface area contributed by atoms with E-state index in [1.807, 2.05) is 6.92 Å². The van der Waals surface area contributed by atoms with Gasteiger partial charge in [-0.1, -0.05) is 37.5 Å². The molecule has 28 heavy (non-hydrogen) atoms. The molecule has 1 N–H and O–H groups in total. The maximum Gasteiger partial charge on any atom is 0.231 e. The number of aliphatic hydroxyl groups is 1. The summed E-state index contributed by atoms with van der Waals surface area (Å²) in [6.45, 7) is 12.7. The van der Waals surface area contributed by atoms with Crippen LogP contribution in [0.4, 0.5) is 0 Å². The highest BCUT2D eigenvalue weighted by molar-refractivity contribution is 5.89. The van der Waals surface area contributed by atoms with E-state index in [2.05, 4.69) is 25.1 Å². The molecule has 0 aromatic rings. The van der Waals surface area contributed by atoms with Crippen molar-refractivity contribution in [2.45, 2.75) is 90.1 Å². The number of carbonyl (C=O) groups excluding carboxylic acids is 1. The minimum absolute atomic E-state index is 0.0363. The summed E-state index contributed by atoms with van der Waals surface area (Å²) in [6, 6.07) is 0. The average molecular weight is 389 g/mol. The smallest absolute Gasteiger partial charge is 0.231 e. The Morgan fingerprint density at radius 3 is 2.61 bits per heavy atom. The molecule has 0 saturated heterocycles. The van der Waals surface area contributed by atoms with Gasteiger partial charge < -0.3 is 10.0 Å². The molecule has 0 spiro atoms. The van der Waals surface area contributed by atoms with Gasteiger partial charge in [0.15, 0.2) is 0 Å². The summed E-state index contributed by atoms with van der Waals surface area (Å²) < 4.78 is 0. The van der Waals surface area contributed by atoms with Crippen LogP contribution >= 0.6 is 0 Å². The SMILES string of the molecule is C=C(C)CCC(O)(CN(/C=N\C)C(=O)C1CCCC(=C)C1)C1(CC)CCCC1. The number of aliphatic imine (C=N–C) groups is 1. The maximum atomic E-state index is 13.3. The lowest BCUT2D eigenvalue weighted by Crippen LogP contribution is -2.56. The molecule has 4 heteroatoms. The number of rotatable bonds is 9. The van der Waals surface area contributed by atoms with Gasteiger partial charge in [-0.15, -0.1) is 6.58 Å². The van der Waals surface area contributed by atoms with Gasteiger partial charge in [0, 0.05) is 18.4 Å². The van der Waals surface area contributed by atoms with E-state index in [1.54, 1.807) is 18.3 Å². The fourth-order valence-electron chi connectivity index (χ4n) is 5.33. The predicted octanol–water partition coefficient (Wildman–Crippen LogP) is 5.28. The average Bonchev–Trinajstić information content (AvgIpc) is 3.16. The molecule has 2 aliphatic carbocycles. The summed E-state index contributed by atoms with van der Waals surface area (Å²) in [7, 11) is 1.69. The normalized spacial score (nSPS) is 24.3. The highest BCUT2D eigenvalue weighted by atomic mass is 16.3. The van der Waals surface area contributed by atoms with Crippen molar-refractivity contribution in [3.63, 3.8) is 0 Å². The first kappa shape index (κ1) is 22.9. The van der Waals surface area contributed by atoms with Crippen molar-refractivity contribution in [1.29, 1.82) is 0 Å². The molecule has 0 aromatic carbocycles. The molecule has 2 unspecified atom stereocenters. The molecule has 0 radical (unpaired) electrons. The highest BCUT2D eigenvalue weighted by Gasteiger charge is 2.51. The van der Waals surface area contributed by atoms with Crippen LogP contribution in [0.2, 0.25) is 0 Å². The molecule has 2 atom stereocenters. The Hall–Kier alpha value is -1.42. The summed E-state index contributed by atoms with van der Waals surface area (Å²) in [5.74, 6) is 0.0512. The van der Waals surface area contributed by atoms with Crippen molar-refractivity contribution >= 4 is 12.2 Å². The van der Waals surface area contributed by atoms with E-state index < -0.39 is 5.60 Å². The lowest BCUT2D eigenvalue weighted by Gasteiger charge is -2.47. The third-order valence-corrected chi connectivity index (χ3v) is 7.13. The van der Waals surface area contributed by atoms with Crippen molar-refractivity contribution < 1.29 is 9.90 Å². The quantitative estimate of drug-likeness (QED) is 0.332. The largest absolute Gasteiger partial charge is 0.387 e. The van der Waals surface area contributed by atoms with E-state index in [-0.39, 0.29) is 17.2 Å². The molecule has 2 fully saturated rings. The summed E-state index contributed by atoms with van der Waals surface area (Å²) in [5.41, 5.74) is 1.20. The second-order valence-corrected chi connectivity index (χ2v) is 9.21. The zero-order valence-electron chi connectivity index (χ0n) is 18.3. The van der Waals surface area contributed by atoms with E-state index in [1.165, 1.54) is 0 Å². The molecule has 2 rings (SSSR count). The second-order valence-electron chi connectivity index (χ2n) is 9.21. The molecule has 158 valence electrons. The third kappa shape index (κ3) is 5.14. The molecule has 2 saturated carbocycles. The van der Waals surface area contributed by atoms with E-state index in [0.717, 1.165) is 75.4 Å². The van der Waals surface area contributed by atoms with Crippen LogP contribution in [-0.2, 0) is 4.79 Å². The number of allylic oxidation sites excluding steroid dienone is 2. The van der Waals surface area contributed by atoms with Gasteiger partial charge in [-0.05, 0) is 64.7 Å². The third-order valence-electron chi connectivity index (χ3n) is 7.13. The van der Waals surface area contributed by atoms with Crippen LogP contribution in [0.15, 0.2) is 29.3 Å². The Kier molecular flexibility index (Phi) is 8.06. The summed E-state index contributed by atoms with van der Waals surface area (Å²) in [6.07, 6.45) is 12.1. The molecule has 1 amide bonds. The zero-order chi connectivity index (χ0) is 20.8. The van der Waals surface area contributed by atoms with Crippen LogP contribution in [0.5, 0.6) is 0 Å². The fraction of sp³-hybridized carbons (Fsp3) is 0.750. The van der Waals surface area contributed by atoms with E-state index in [4.69, 9.17) is 0 Å². The number of amides is 1. The lowest BCUT2D eigenvalue weighted by molar-refractivity contribution is -0.141. The monoisotopic (exact) mass is 388 g/mol. The summed E-state index contributed by atoms with van der Waals surface area (Å²) in [5, 5.41) is 12.0.